The van der Waals surface area contributed by atoms with Gasteiger partial charge in [-0.15, -0.1) is 0 Å². The summed E-state index contributed by atoms with van der Waals surface area (Å²) in [6, 6.07) is 28.5. The van der Waals surface area contributed by atoms with E-state index in [9.17, 15) is 4.79 Å². The molecule has 1 amide bonds. The van der Waals surface area contributed by atoms with Crippen molar-refractivity contribution in [3.63, 3.8) is 0 Å². The molecule has 1 atom stereocenters. The van der Waals surface area contributed by atoms with Crippen molar-refractivity contribution in [3.8, 4) is 0 Å². The molecule has 1 aliphatic rings. The molecule has 0 aliphatic carbocycles. The molecule has 0 saturated carbocycles. The van der Waals surface area contributed by atoms with Gasteiger partial charge in [0, 0.05) is 17.3 Å². The highest BCUT2D eigenvalue weighted by molar-refractivity contribution is 6.07. The summed E-state index contributed by atoms with van der Waals surface area (Å²) in [5.41, 5.74) is 4.34. The predicted octanol–water partition coefficient (Wildman–Crippen LogP) is 4.89. The minimum Gasteiger partial charge on any atom is -0.305 e. The Labute approximate surface area is 148 Å². The Kier molecular flexibility index (Phi) is 4.34. The number of amides is 1. The number of rotatable bonds is 3. The molecule has 1 unspecified atom stereocenters. The van der Waals surface area contributed by atoms with Crippen molar-refractivity contribution in [2.45, 2.75) is 25.3 Å². The topological polar surface area (TPSA) is 20.3 Å². The summed E-state index contributed by atoms with van der Waals surface area (Å²) in [5, 5.41) is 0. The van der Waals surface area contributed by atoms with Gasteiger partial charge >= 0.3 is 0 Å². The van der Waals surface area contributed by atoms with Crippen LogP contribution in [-0.2, 0) is 12.8 Å². The monoisotopic (exact) mass is 327 g/mol. The second kappa shape index (κ2) is 6.94. The summed E-state index contributed by atoms with van der Waals surface area (Å²) >= 11 is 0. The fourth-order valence-corrected chi connectivity index (χ4v) is 3.68. The van der Waals surface area contributed by atoms with E-state index in [1.807, 2.05) is 47.4 Å². The van der Waals surface area contributed by atoms with Crippen molar-refractivity contribution >= 4 is 11.6 Å². The number of para-hydroxylation sites is 1. The SMILES string of the molecule is O=C(c1ccccc1)N1c2ccccc2CCC1Cc1ccccc1. The van der Waals surface area contributed by atoms with E-state index in [2.05, 4.69) is 42.5 Å². The molecule has 3 aromatic carbocycles. The van der Waals surface area contributed by atoms with Crippen LogP contribution < -0.4 is 4.90 Å². The van der Waals surface area contributed by atoms with Gasteiger partial charge < -0.3 is 4.90 Å². The minimum absolute atomic E-state index is 0.0914. The van der Waals surface area contributed by atoms with Gasteiger partial charge in [0.05, 0.1) is 0 Å². The standard InChI is InChI=1S/C23H21NO/c25-23(20-12-5-2-6-13-20)24-21(17-18-9-3-1-4-10-18)16-15-19-11-7-8-14-22(19)24/h1-14,21H,15-17H2. The summed E-state index contributed by atoms with van der Waals surface area (Å²) in [5.74, 6) is 0.0914. The van der Waals surface area contributed by atoms with Crippen molar-refractivity contribution < 1.29 is 4.79 Å². The first kappa shape index (κ1) is 15.6. The zero-order valence-electron chi connectivity index (χ0n) is 14.1. The molecule has 2 heteroatoms. The number of anilines is 1. The Morgan fingerprint density at radius 2 is 1.48 bits per heavy atom. The van der Waals surface area contributed by atoms with Crippen LogP contribution in [0.1, 0.15) is 27.9 Å². The first-order valence-electron chi connectivity index (χ1n) is 8.83. The van der Waals surface area contributed by atoms with Gasteiger partial charge in [0.15, 0.2) is 0 Å². The second-order valence-corrected chi connectivity index (χ2v) is 6.55. The molecule has 4 rings (SSSR count). The number of nitrogens with zero attached hydrogens (tertiary/aromatic N) is 1. The number of carbonyl (C=O) groups is 1. The second-order valence-electron chi connectivity index (χ2n) is 6.55. The summed E-state index contributed by atoms with van der Waals surface area (Å²) < 4.78 is 0. The Hall–Kier alpha value is -2.87. The lowest BCUT2D eigenvalue weighted by Crippen LogP contribution is -2.45. The zero-order chi connectivity index (χ0) is 17.1. The molecule has 0 fully saturated rings. The van der Waals surface area contributed by atoms with Gasteiger partial charge in [-0.1, -0.05) is 66.7 Å². The maximum absolute atomic E-state index is 13.3. The van der Waals surface area contributed by atoms with E-state index >= 15 is 0 Å². The first-order valence-corrected chi connectivity index (χ1v) is 8.83. The quantitative estimate of drug-likeness (QED) is 0.670. The highest BCUT2D eigenvalue weighted by atomic mass is 16.2. The molecule has 0 spiro atoms. The molecule has 0 aromatic heterocycles. The Morgan fingerprint density at radius 1 is 0.840 bits per heavy atom. The molecule has 1 aliphatic heterocycles. The maximum Gasteiger partial charge on any atom is 0.258 e. The minimum atomic E-state index is 0.0914. The number of carbonyl (C=O) groups excluding carboxylic acids is 1. The van der Waals surface area contributed by atoms with Crippen molar-refractivity contribution in [1.82, 2.24) is 0 Å². The number of hydrogen-bond donors (Lipinski definition) is 0. The van der Waals surface area contributed by atoms with Crippen molar-refractivity contribution in [2.75, 3.05) is 4.90 Å². The number of benzene rings is 3. The summed E-state index contributed by atoms with van der Waals surface area (Å²) in [6.45, 7) is 0. The Bertz CT molecular complexity index is 858. The molecule has 0 N–H and O–H groups in total. The number of fused-ring (bicyclic) bond motifs is 1. The lowest BCUT2D eigenvalue weighted by Gasteiger charge is -2.37. The molecule has 124 valence electrons. The van der Waals surface area contributed by atoms with Crippen LogP contribution in [0.3, 0.4) is 0 Å². The number of hydrogen-bond acceptors (Lipinski definition) is 1. The van der Waals surface area contributed by atoms with E-state index in [0.29, 0.717) is 0 Å². The maximum atomic E-state index is 13.3. The van der Waals surface area contributed by atoms with Gasteiger partial charge in [-0.2, -0.15) is 0 Å². The smallest absolute Gasteiger partial charge is 0.258 e. The highest BCUT2D eigenvalue weighted by Gasteiger charge is 2.31. The van der Waals surface area contributed by atoms with E-state index in [1.165, 1.54) is 11.1 Å². The third-order valence-corrected chi connectivity index (χ3v) is 4.92. The highest BCUT2D eigenvalue weighted by Crippen LogP contribution is 2.33. The molecule has 0 radical (unpaired) electrons. The van der Waals surface area contributed by atoms with E-state index in [0.717, 1.165) is 30.5 Å². The van der Waals surface area contributed by atoms with Crippen LogP contribution in [-0.4, -0.2) is 11.9 Å². The van der Waals surface area contributed by atoms with Crippen LogP contribution in [0.5, 0.6) is 0 Å². The molecule has 25 heavy (non-hydrogen) atoms. The number of aryl methyl sites for hydroxylation is 1. The van der Waals surface area contributed by atoms with Gasteiger partial charge in [-0.05, 0) is 48.6 Å². The lowest BCUT2D eigenvalue weighted by atomic mass is 9.91. The molecule has 0 bridgehead atoms. The van der Waals surface area contributed by atoms with Crippen molar-refractivity contribution in [3.05, 3.63) is 102 Å². The molecule has 3 aromatic rings. The van der Waals surface area contributed by atoms with Crippen molar-refractivity contribution in [2.24, 2.45) is 0 Å². The molecule has 0 saturated heterocycles. The van der Waals surface area contributed by atoms with Gasteiger partial charge in [0.25, 0.3) is 5.91 Å². The molecule has 1 heterocycles. The van der Waals surface area contributed by atoms with E-state index in [-0.39, 0.29) is 11.9 Å². The summed E-state index contributed by atoms with van der Waals surface area (Å²) in [4.78, 5) is 15.3. The summed E-state index contributed by atoms with van der Waals surface area (Å²) in [6.07, 6.45) is 2.89. The van der Waals surface area contributed by atoms with E-state index in [1.54, 1.807) is 0 Å². The van der Waals surface area contributed by atoms with Crippen LogP contribution in [0.25, 0.3) is 0 Å². The van der Waals surface area contributed by atoms with Crippen LogP contribution in [0.2, 0.25) is 0 Å². The largest absolute Gasteiger partial charge is 0.305 e. The average Bonchev–Trinajstić information content (AvgIpc) is 2.69. The Balaban J connectivity index is 1.72. The third-order valence-electron chi connectivity index (χ3n) is 4.92. The van der Waals surface area contributed by atoms with Gasteiger partial charge in [0.1, 0.15) is 0 Å². The van der Waals surface area contributed by atoms with Gasteiger partial charge in [-0.3, -0.25) is 4.79 Å². The van der Waals surface area contributed by atoms with Gasteiger partial charge in [0.2, 0.25) is 0 Å². The fraction of sp³-hybridized carbons (Fsp3) is 0.174. The molecular weight excluding hydrogens is 306 g/mol. The van der Waals surface area contributed by atoms with Gasteiger partial charge in [-0.25, -0.2) is 0 Å². The Morgan fingerprint density at radius 3 is 2.24 bits per heavy atom. The predicted molar refractivity (Wildman–Crippen MR) is 102 cm³/mol. The average molecular weight is 327 g/mol. The fourth-order valence-electron chi connectivity index (χ4n) is 3.68. The molecule has 2 nitrogen and oxygen atoms in total. The van der Waals surface area contributed by atoms with Crippen LogP contribution >= 0.6 is 0 Å². The van der Waals surface area contributed by atoms with Crippen molar-refractivity contribution in [1.29, 1.82) is 0 Å². The third kappa shape index (κ3) is 3.20. The lowest BCUT2D eigenvalue weighted by molar-refractivity contribution is 0.0973. The summed E-state index contributed by atoms with van der Waals surface area (Å²) in [7, 11) is 0. The zero-order valence-corrected chi connectivity index (χ0v) is 14.1. The molecular formula is C23H21NO. The normalized spacial score (nSPS) is 16.3. The first-order chi connectivity index (χ1) is 12.3. The van der Waals surface area contributed by atoms with E-state index < -0.39 is 0 Å². The van der Waals surface area contributed by atoms with Crippen LogP contribution in [0, 0.1) is 0 Å². The van der Waals surface area contributed by atoms with Crippen LogP contribution in [0.4, 0.5) is 5.69 Å². The van der Waals surface area contributed by atoms with Crippen LogP contribution in [0.15, 0.2) is 84.9 Å². The van der Waals surface area contributed by atoms with E-state index in [4.69, 9.17) is 0 Å².